The second-order valence-corrected chi connectivity index (χ2v) is 4.39. The van der Waals surface area contributed by atoms with Crippen molar-refractivity contribution in [2.45, 2.75) is 19.4 Å². The second-order valence-electron chi connectivity index (χ2n) is 3.98. The van der Waals surface area contributed by atoms with Gasteiger partial charge in [-0.3, -0.25) is 0 Å². The summed E-state index contributed by atoms with van der Waals surface area (Å²) in [5, 5.41) is 11.9. The van der Waals surface area contributed by atoms with Gasteiger partial charge in [0, 0.05) is 12.5 Å². The van der Waals surface area contributed by atoms with Crippen LogP contribution < -0.4 is 5.32 Å². The van der Waals surface area contributed by atoms with Crippen LogP contribution >= 0.6 is 11.6 Å². The van der Waals surface area contributed by atoms with E-state index in [1.165, 1.54) is 0 Å². The Balaban J connectivity index is 2.34. The number of aromatic nitrogens is 3. The van der Waals surface area contributed by atoms with Gasteiger partial charge in [-0.2, -0.15) is 0 Å². The van der Waals surface area contributed by atoms with Gasteiger partial charge < -0.3 is 5.32 Å². The molecule has 1 N–H and O–H groups in total. The SMILES string of the molecule is CNC(C)Cc1cnnn1-c1ccccc1Cl. The predicted octanol–water partition coefficient (Wildman–Crippen LogP) is 2.07. The monoisotopic (exact) mass is 250 g/mol. The van der Waals surface area contributed by atoms with Gasteiger partial charge in [0.05, 0.1) is 22.6 Å². The fourth-order valence-corrected chi connectivity index (χ4v) is 1.85. The van der Waals surface area contributed by atoms with Gasteiger partial charge in [-0.1, -0.05) is 28.9 Å². The van der Waals surface area contributed by atoms with Gasteiger partial charge in [0.15, 0.2) is 0 Å². The highest BCUT2D eigenvalue weighted by Crippen LogP contribution is 2.20. The van der Waals surface area contributed by atoms with Gasteiger partial charge in [0.1, 0.15) is 0 Å². The van der Waals surface area contributed by atoms with Crippen molar-refractivity contribution >= 4 is 11.6 Å². The van der Waals surface area contributed by atoms with E-state index in [1.807, 2.05) is 31.3 Å². The highest BCUT2D eigenvalue weighted by Gasteiger charge is 2.11. The Bertz CT molecular complexity index is 495. The van der Waals surface area contributed by atoms with Gasteiger partial charge in [0.2, 0.25) is 0 Å². The summed E-state index contributed by atoms with van der Waals surface area (Å²) >= 11 is 6.15. The third-order valence-corrected chi connectivity index (χ3v) is 3.03. The fraction of sp³-hybridized carbons (Fsp3) is 0.333. The molecular formula is C12H15ClN4. The molecule has 0 saturated carbocycles. The van der Waals surface area contributed by atoms with Crippen molar-refractivity contribution in [3.05, 3.63) is 41.2 Å². The summed E-state index contributed by atoms with van der Waals surface area (Å²) in [4.78, 5) is 0. The zero-order chi connectivity index (χ0) is 12.3. The lowest BCUT2D eigenvalue weighted by Gasteiger charge is -2.11. The summed E-state index contributed by atoms with van der Waals surface area (Å²) in [6, 6.07) is 8.00. The van der Waals surface area contributed by atoms with Gasteiger partial charge >= 0.3 is 0 Å². The van der Waals surface area contributed by atoms with E-state index < -0.39 is 0 Å². The normalized spacial score (nSPS) is 12.6. The van der Waals surface area contributed by atoms with Crippen LogP contribution in [0.5, 0.6) is 0 Å². The van der Waals surface area contributed by atoms with Crippen molar-refractivity contribution in [3.63, 3.8) is 0 Å². The van der Waals surface area contributed by atoms with Crippen LogP contribution in [-0.2, 0) is 6.42 Å². The number of para-hydroxylation sites is 1. The maximum atomic E-state index is 6.15. The molecular weight excluding hydrogens is 236 g/mol. The highest BCUT2D eigenvalue weighted by atomic mass is 35.5. The molecule has 1 aromatic carbocycles. The standard InChI is InChI=1S/C12H15ClN4/c1-9(14-2)7-10-8-15-16-17(10)12-6-4-3-5-11(12)13/h3-6,8-9,14H,7H2,1-2H3. The first-order valence-electron chi connectivity index (χ1n) is 5.54. The van der Waals surface area contributed by atoms with Crippen LogP contribution in [-0.4, -0.2) is 28.1 Å². The summed E-state index contributed by atoms with van der Waals surface area (Å²) in [6.07, 6.45) is 2.63. The summed E-state index contributed by atoms with van der Waals surface area (Å²) in [5.74, 6) is 0. The maximum absolute atomic E-state index is 6.15. The molecule has 1 aromatic heterocycles. The van der Waals surface area contributed by atoms with E-state index in [-0.39, 0.29) is 0 Å². The van der Waals surface area contributed by atoms with Crippen LogP contribution in [0.4, 0.5) is 0 Å². The number of halogens is 1. The fourth-order valence-electron chi connectivity index (χ4n) is 1.64. The molecule has 0 radical (unpaired) electrons. The van der Waals surface area contributed by atoms with Gasteiger partial charge in [-0.05, 0) is 26.1 Å². The number of hydrogen-bond donors (Lipinski definition) is 1. The van der Waals surface area contributed by atoms with E-state index in [0.29, 0.717) is 11.1 Å². The molecule has 2 aromatic rings. The zero-order valence-electron chi connectivity index (χ0n) is 9.89. The smallest absolute Gasteiger partial charge is 0.0852 e. The Kier molecular flexibility index (Phi) is 3.76. The first kappa shape index (κ1) is 12.1. The Morgan fingerprint density at radius 2 is 2.18 bits per heavy atom. The van der Waals surface area contributed by atoms with Crippen molar-refractivity contribution in [3.8, 4) is 5.69 Å². The number of rotatable bonds is 4. The predicted molar refractivity (Wildman–Crippen MR) is 68.6 cm³/mol. The van der Waals surface area contributed by atoms with Crippen LogP contribution in [0.3, 0.4) is 0 Å². The highest BCUT2D eigenvalue weighted by molar-refractivity contribution is 6.32. The lowest BCUT2D eigenvalue weighted by atomic mass is 10.2. The van der Waals surface area contributed by atoms with Gasteiger partial charge in [-0.25, -0.2) is 4.68 Å². The van der Waals surface area contributed by atoms with E-state index in [0.717, 1.165) is 17.8 Å². The quantitative estimate of drug-likeness (QED) is 0.904. The van der Waals surface area contributed by atoms with Crippen molar-refractivity contribution in [1.82, 2.24) is 20.3 Å². The minimum absolute atomic E-state index is 0.370. The average Bonchev–Trinajstić information content (AvgIpc) is 2.77. The summed E-state index contributed by atoms with van der Waals surface area (Å²) in [5.41, 5.74) is 1.91. The van der Waals surface area contributed by atoms with Crippen molar-refractivity contribution in [1.29, 1.82) is 0 Å². The molecule has 5 heteroatoms. The van der Waals surface area contributed by atoms with E-state index >= 15 is 0 Å². The zero-order valence-corrected chi connectivity index (χ0v) is 10.6. The van der Waals surface area contributed by atoms with Crippen molar-refractivity contribution in [2.24, 2.45) is 0 Å². The van der Waals surface area contributed by atoms with Crippen LogP contribution in [0.2, 0.25) is 5.02 Å². The molecule has 1 heterocycles. The minimum atomic E-state index is 0.370. The van der Waals surface area contributed by atoms with E-state index in [1.54, 1.807) is 10.9 Å². The minimum Gasteiger partial charge on any atom is -0.317 e. The first-order chi connectivity index (χ1) is 8.22. The molecule has 90 valence electrons. The number of likely N-dealkylation sites (N-methyl/N-ethyl adjacent to an activating group) is 1. The molecule has 1 unspecified atom stereocenters. The van der Waals surface area contributed by atoms with Crippen LogP contribution in [0, 0.1) is 0 Å². The maximum Gasteiger partial charge on any atom is 0.0852 e. The number of hydrogen-bond acceptors (Lipinski definition) is 3. The molecule has 0 fully saturated rings. The van der Waals surface area contributed by atoms with Crippen LogP contribution in [0.15, 0.2) is 30.5 Å². The molecule has 0 spiro atoms. The van der Waals surface area contributed by atoms with E-state index in [2.05, 4.69) is 22.6 Å². The summed E-state index contributed by atoms with van der Waals surface area (Å²) in [7, 11) is 1.94. The summed E-state index contributed by atoms with van der Waals surface area (Å²) < 4.78 is 1.79. The van der Waals surface area contributed by atoms with Crippen LogP contribution in [0.1, 0.15) is 12.6 Å². The second kappa shape index (κ2) is 5.29. The molecule has 2 rings (SSSR count). The number of nitrogens with zero attached hydrogens (tertiary/aromatic N) is 3. The lowest BCUT2D eigenvalue weighted by Crippen LogP contribution is -2.24. The van der Waals surface area contributed by atoms with Gasteiger partial charge in [0.25, 0.3) is 0 Å². The molecule has 0 aliphatic rings. The Hall–Kier alpha value is -1.39. The number of nitrogens with one attached hydrogen (secondary N) is 1. The Morgan fingerprint density at radius 3 is 2.88 bits per heavy atom. The molecule has 0 aliphatic carbocycles. The average molecular weight is 251 g/mol. The Morgan fingerprint density at radius 1 is 1.41 bits per heavy atom. The number of benzene rings is 1. The molecule has 1 atom stereocenters. The molecule has 17 heavy (non-hydrogen) atoms. The molecule has 0 aliphatic heterocycles. The molecule has 0 saturated heterocycles. The van der Waals surface area contributed by atoms with Gasteiger partial charge in [-0.15, -0.1) is 5.10 Å². The van der Waals surface area contributed by atoms with Crippen molar-refractivity contribution in [2.75, 3.05) is 7.05 Å². The molecule has 0 bridgehead atoms. The third-order valence-electron chi connectivity index (χ3n) is 2.71. The van der Waals surface area contributed by atoms with Crippen LogP contribution in [0.25, 0.3) is 5.69 Å². The van der Waals surface area contributed by atoms with E-state index in [4.69, 9.17) is 11.6 Å². The lowest BCUT2D eigenvalue weighted by molar-refractivity contribution is 0.588. The topological polar surface area (TPSA) is 42.7 Å². The first-order valence-corrected chi connectivity index (χ1v) is 5.92. The molecule has 4 nitrogen and oxygen atoms in total. The largest absolute Gasteiger partial charge is 0.317 e. The van der Waals surface area contributed by atoms with E-state index in [9.17, 15) is 0 Å². The van der Waals surface area contributed by atoms with Crippen molar-refractivity contribution < 1.29 is 0 Å². The molecule has 0 amide bonds. The summed E-state index contributed by atoms with van der Waals surface area (Å²) in [6.45, 7) is 2.12. The Labute approximate surface area is 106 Å². The third kappa shape index (κ3) is 2.65.